The molecule has 0 bridgehead atoms. The Morgan fingerprint density at radius 1 is 1.12 bits per heavy atom. The summed E-state index contributed by atoms with van der Waals surface area (Å²) in [4.78, 5) is 47.7. The van der Waals surface area contributed by atoms with Gasteiger partial charge in [0.1, 0.15) is 5.66 Å². The average molecular weight is 597 g/mol. The number of carboxylic acids is 1. The number of aliphatic carboxylic acids is 1. The molecule has 1 saturated heterocycles. The van der Waals surface area contributed by atoms with Gasteiger partial charge in [0, 0.05) is 18.7 Å². The first-order valence-electron chi connectivity index (χ1n) is 16.0. The quantitative estimate of drug-likeness (QED) is 0.401. The topological polar surface area (TPSA) is 112 Å². The molecule has 2 atom stereocenters. The minimum atomic E-state index is -0.953. The van der Waals surface area contributed by atoms with Crippen LogP contribution in [0.4, 0.5) is 0 Å². The number of amides is 2. The molecule has 1 aromatic rings. The molecule has 3 aliphatic rings. The molecule has 238 valence electrons. The molecule has 9 nitrogen and oxygen atoms in total. The maximum Gasteiger partial charge on any atom is 0.305 e. The summed E-state index contributed by atoms with van der Waals surface area (Å²) in [6.07, 6.45) is 5.28. The minimum absolute atomic E-state index is 0.00245. The Balaban J connectivity index is 1.69. The SMILES string of the molecule is C[C@H]1COCCN1C1=NC2(CCC(C(C)(C)C)CC2)N([C@H](CCC(C)(C)C)c2ccc(C(=O)NCCC(=O)O)cc2)C1=O. The number of nitrogens with one attached hydrogen (secondary N) is 1. The molecule has 1 aromatic carbocycles. The van der Waals surface area contributed by atoms with E-state index in [9.17, 15) is 14.4 Å². The highest BCUT2D eigenvalue weighted by Crippen LogP contribution is 2.50. The van der Waals surface area contributed by atoms with Crippen LogP contribution in [-0.4, -0.2) is 76.5 Å². The predicted molar refractivity (Wildman–Crippen MR) is 168 cm³/mol. The van der Waals surface area contributed by atoms with E-state index in [0.29, 0.717) is 37.1 Å². The van der Waals surface area contributed by atoms with Crippen LogP contribution in [0.15, 0.2) is 29.3 Å². The van der Waals surface area contributed by atoms with Crippen molar-refractivity contribution < 1.29 is 24.2 Å². The number of ether oxygens (including phenoxy) is 1. The normalized spacial score (nSPS) is 25.6. The van der Waals surface area contributed by atoms with Crippen molar-refractivity contribution in [3.05, 3.63) is 35.4 Å². The number of carbonyl (C=O) groups is 3. The number of hydrogen-bond acceptors (Lipinski definition) is 6. The molecule has 9 heteroatoms. The van der Waals surface area contributed by atoms with E-state index in [0.717, 1.165) is 44.1 Å². The van der Waals surface area contributed by atoms with E-state index in [1.165, 1.54) is 0 Å². The molecular weight excluding hydrogens is 544 g/mol. The maximum atomic E-state index is 14.6. The van der Waals surface area contributed by atoms with E-state index in [1.807, 2.05) is 12.1 Å². The lowest BCUT2D eigenvalue weighted by Crippen LogP contribution is -2.54. The van der Waals surface area contributed by atoms with Gasteiger partial charge in [-0.1, -0.05) is 53.7 Å². The van der Waals surface area contributed by atoms with Gasteiger partial charge in [-0.2, -0.15) is 0 Å². The lowest BCUT2D eigenvalue weighted by molar-refractivity contribution is -0.137. The summed E-state index contributed by atoms with van der Waals surface area (Å²) in [5.74, 6) is -0.118. The predicted octanol–water partition coefficient (Wildman–Crippen LogP) is 5.65. The zero-order chi connectivity index (χ0) is 31.6. The largest absolute Gasteiger partial charge is 0.481 e. The number of nitrogens with zero attached hydrogens (tertiary/aromatic N) is 3. The van der Waals surface area contributed by atoms with Crippen LogP contribution >= 0.6 is 0 Å². The van der Waals surface area contributed by atoms with Gasteiger partial charge in [-0.25, -0.2) is 4.99 Å². The second-order valence-electron chi connectivity index (χ2n) is 15.0. The Hall–Kier alpha value is -2.94. The highest BCUT2D eigenvalue weighted by Gasteiger charge is 2.54. The lowest BCUT2D eigenvalue weighted by Gasteiger charge is -2.47. The Kier molecular flexibility index (Phi) is 9.94. The Morgan fingerprint density at radius 3 is 2.33 bits per heavy atom. The van der Waals surface area contributed by atoms with Gasteiger partial charge in [-0.3, -0.25) is 14.4 Å². The number of hydrogen-bond donors (Lipinski definition) is 2. The molecule has 1 saturated carbocycles. The van der Waals surface area contributed by atoms with E-state index >= 15 is 0 Å². The summed E-state index contributed by atoms with van der Waals surface area (Å²) in [5.41, 5.74) is 1.14. The van der Waals surface area contributed by atoms with E-state index < -0.39 is 11.6 Å². The first kappa shape index (κ1) is 33.0. The van der Waals surface area contributed by atoms with Crippen LogP contribution in [0.1, 0.15) is 115 Å². The fourth-order valence-corrected chi connectivity index (χ4v) is 6.81. The number of amidine groups is 1. The highest BCUT2D eigenvalue weighted by molar-refractivity contribution is 6.39. The molecule has 0 aromatic heterocycles. The van der Waals surface area contributed by atoms with Crippen molar-refractivity contribution in [1.29, 1.82) is 0 Å². The van der Waals surface area contributed by atoms with Gasteiger partial charge in [-0.05, 0) is 79.9 Å². The first-order chi connectivity index (χ1) is 20.1. The van der Waals surface area contributed by atoms with Gasteiger partial charge in [-0.15, -0.1) is 0 Å². The van der Waals surface area contributed by atoms with Crippen molar-refractivity contribution in [2.75, 3.05) is 26.3 Å². The van der Waals surface area contributed by atoms with Crippen LogP contribution in [0, 0.1) is 16.7 Å². The van der Waals surface area contributed by atoms with E-state index in [-0.39, 0.29) is 47.7 Å². The molecule has 1 aliphatic carbocycles. The van der Waals surface area contributed by atoms with Gasteiger partial charge in [0.05, 0.1) is 31.7 Å². The summed E-state index contributed by atoms with van der Waals surface area (Å²) in [6, 6.07) is 7.36. The van der Waals surface area contributed by atoms with Crippen LogP contribution < -0.4 is 5.32 Å². The van der Waals surface area contributed by atoms with Crippen LogP contribution in [0.25, 0.3) is 0 Å². The van der Waals surface area contributed by atoms with Crippen molar-refractivity contribution in [2.24, 2.45) is 21.7 Å². The Bertz CT molecular complexity index is 1190. The van der Waals surface area contributed by atoms with Crippen molar-refractivity contribution in [3.8, 4) is 0 Å². The van der Waals surface area contributed by atoms with Gasteiger partial charge in [0.2, 0.25) is 0 Å². The molecule has 2 fully saturated rings. The summed E-state index contributed by atoms with van der Waals surface area (Å²) < 4.78 is 5.70. The summed E-state index contributed by atoms with van der Waals surface area (Å²) in [6.45, 7) is 17.6. The van der Waals surface area contributed by atoms with Crippen molar-refractivity contribution in [3.63, 3.8) is 0 Å². The van der Waals surface area contributed by atoms with Crippen LogP contribution in [-0.2, 0) is 14.3 Å². The van der Waals surface area contributed by atoms with Gasteiger partial charge in [0.25, 0.3) is 11.8 Å². The minimum Gasteiger partial charge on any atom is -0.481 e. The van der Waals surface area contributed by atoms with Gasteiger partial charge < -0.3 is 25.0 Å². The smallest absolute Gasteiger partial charge is 0.305 e. The number of morpholine rings is 1. The number of carbonyl (C=O) groups excluding carboxylic acids is 2. The third-order valence-corrected chi connectivity index (χ3v) is 9.48. The van der Waals surface area contributed by atoms with E-state index in [4.69, 9.17) is 14.8 Å². The van der Waals surface area contributed by atoms with Crippen molar-refractivity contribution >= 4 is 23.6 Å². The molecule has 4 rings (SSSR count). The third-order valence-electron chi connectivity index (χ3n) is 9.48. The molecule has 2 aliphatic heterocycles. The van der Waals surface area contributed by atoms with Gasteiger partial charge in [0.15, 0.2) is 5.84 Å². The third kappa shape index (κ3) is 7.78. The average Bonchev–Trinajstić information content (AvgIpc) is 3.19. The molecular formula is C34H52N4O5. The Labute approximate surface area is 257 Å². The number of carboxylic acid groups (broad SMARTS) is 1. The number of aliphatic imine (C=N–C) groups is 1. The molecule has 1 spiro atoms. The Morgan fingerprint density at radius 2 is 1.77 bits per heavy atom. The van der Waals surface area contributed by atoms with Crippen LogP contribution in [0.2, 0.25) is 0 Å². The lowest BCUT2D eigenvalue weighted by atomic mass is 9.69. The second-order valence-corrected chi connectivity index (χ2v) is 15.0. The summed E-state index contributed by atoms with van der Waals surface area (Å²) in [7, 11) is 0. The van der Waals surface area contributed by atoms with E-state index in [2.05, 4.69) is 63.6 Å². The van der Waals surface area contributed by atoms with Crippen LogP contribution in [0.3, 0.4) is 0 Å². The van der Waals surface area contributed by atoms with E-state index in [1.54, 1.807) is 12.1 Å². The standard InChI is InChI=1S/C34H52N4O5/c1-23-22-43-21-20-37(23)29-31(42)38(34(36-29)17-12-26(13-18-34)33(5,6)7)27(14-16-32(2,3)4)24-8-10-25(11-9-24)30(41)35-19-15-28(39)40/h8-11,23,26-27H,12-22H2,1-7H3,(H,35,41)(H,39,40)/t23-,26?,27+,34?/m0/s1. The molecule has 0 unspecified atom stereocenters. The van der Waals surface area contributed by atoms with Crippen LogP contribution in [0.5, 0.6) is 0 Å². The molecule has 2 amide bonds. The van der Waals surface area contributed by atoms with Gasteiger partial charge >= 0.3 is 5.97 Å². The summed E-state index contributed by atoms with van der Waals surface area (Å²) in [5, 5.41) is 11.6. The fourth-order valence-electron chi connectivity index (χ4n) is 6.81. The second kappa shape index (κ2) is 13.0. The summed E-state index contributed by atoms with van der Waals surface area (Å²) >= 11 is 0. The maximum absolute atomic E-state index is 14.6. The molecule has 43 heavy (non-hydrogen) atoms. The monoisotopic (exact) mass is 596 g/mol. The molecule has 2 N–H and O–H groups in total. The van der Waals surface area contributed by atoms with Crippen molar-refractivity contribution in [1.82, 2.24) is 15.1 Å². The zero-order valence-corrected chi connectivity index (χ0v) is 27.2. The van der Waals surface area contributed by atoms with Crippen molar-refractivity contribution in [2.45, 2.75) is 111 Å². The first-order valence-corrected chi connectivity index (χ1v) is 16.0. The number of benzene rings is 1. The molecule has 0 radical (unpaired) electrons. The molecule has 2 heterocycles. The highest BCUT2D eigenvalue weighted by atomic mass is 16.5. The zero-order valence-electron chi connectivity index (χ0n) is 27.2. The fraction of sp³-hybridized carbons (Fsp3) is 0.706. The number of rotatable bonds is 8.